The van der Waals surface area contributed by atoms with Crippen molar-refractivity contribution in [2.45, 2.75) is 91.3 Å². The number of aryl methyl sites for hydroxylation is 2. The molecule has 0 bridgehead atoms. The van der Waals surface area contributed by atoms with Gasteiger partial charge in [0, 0.05) is 24.0 Å². The van der Waals surface area contributed by atoms with E-state index in [0.717, 1.165) is 33.4 Å². The summed E-state index contributed by atoms with van der Waals surface area (Å²) in [6.07, 6.45) is -1.18. The predicted molar refractivity (Wildman–Crippen MR) is 172 cm³/mol. The number of nitrogens with zero attached hydrogens (tertiary/aromatic N) is 1. The maximum absolute atomic E-state index is 14.2. The normalized spacial score (nSPS) is 21.5. The minimum atomic E-state index is -1.52. The van der Waals surface area contributed by atoms with Gasteiger partial charge in [0.05, 0.1) is 12.1 Å². The molecule has 3 aromatic carbocycles. The van der Waals surface area contributed by atoms with Gasteiger partial charge >= 0.3 is 0 Å². The number of nitrogens with one attached hydrogen (secondary N) is 2. The molecule has 1 aliphatic heterocycles. The van der Waals surface area contributed by atoms with Gasteiger partial charge in [-0.15, -0.1) is 0 Å². The summed E-state index contributed by atoms with van der Waals surface area (Å²) in [6, 6.07) is 19.0. The average molecular weight is 602 g/mol. The van der Waals surface area contributed by atoms with Crippen LogP contribution < -0.4 is 10.6 Å². The highest BCUT2D eigenvalue weighted by molar-refractivity contribution is 5.91. The lowest BCUT2D eigenvalue weighted by molar-refractivity contribution is -0.148. The second-order valence-electron chi connectivity index (χ2n) is 13.1. The molecule has 0 aromatic heterocycles. The number of benzene rings is 3. The number of likely N-dealkylation sites (tertiary alicyclic amines) is 1. The third kappa shape index (κ3) is 6.83. The van der Waals surface area contributed by atoms with Gasteiger partial charge in [-0.3, -0.25) is 9.59 Å². The Morgan fingerprint density at radius 2 is 1.64 bits per heavy atom. The summed E-state index contributed by atoms with van der Waals surface area (Å²) in [5.41, 5.74) is 3.03. The lowest BCUT2D eigenvalue weighted by atomic mass is 9.74. The maximum atomic E-state index is 14.2. The molecule has 1 saturated heterocycles. The Kier molecular flexibility index (Phi) is 9.88. The van der Waals surface area contributed by atoms with Crippen LogP contribution in [0, 0.1) is 26.2 Å². The van der Waals surface area contributed by atoms with E-state index in [1.54, 1.807) is 26.8 Å². The number of hydrogen-bond donors (Lipinski definition) is 5. The Balaban J connectivity index is 1.63. The standard InChI is InChI=1S/C36H47N3O5/c1-22-17-28(24(3)30(40)18-22)25(4)38-29(19-26-14-9-8-10-15-26)31(41)34(43)39-21-36(7,44)35(5,6)32(39)33(42)37-20-27-16-12-11-13-23(27)2/h8-18,25,29,31-32,38,40-41,44H,19-21H2,1-7H3,(H,37,42)/t25?,29?,31-,32+,36+/m0/s1. The summed E-state index contributed by atoms with van der Waals surface area (Å²) in [5, 5.41) is 40.0. The van der Waals surface area contributed by atoms with Crippen molar-refractivity contribution in [2.24, 2.45) is 5.41 Å². The van der Waals surface area contributed by atoms with Crippen LogP contribution in [0.4, 0.5) is 0 Å². The molecule has 5 atom stereocenters. The Morgan fingerprint density at radius 1 is 1.00 bits per heavy atom. The van der Waals surface area contributed by atoms with Gasteiger partial charge in [-0.25, -0.2) is 0 Å². The first-order valence-electron chi connectivity index (χ1n) is 15.3. The zero-order valence-corrected chi connectivity index (χ0v) is 26.9. The van der Waals surface area contributed by atoms with Crippen molar-refractivity contribution in [3.8, 4) is 5.75 Å². The summed E-state index contributed by atoms with van der Waals surface area (Å²) < 4.78 is 0. The molecule has 0 saturated carbocycles. The summed E-state index contributed by atoms with van der Waals surface area (Å²) in [4.78, 5) is 29.3. The molecule has 2 unspecified atom stereocenters. The average Bonchev–Trinajstić information content (AvgIpc) is 3.16. The van der Waals surface area contributed by atoms with Crippen molar-refractivity contribution in [3.63, 3.8) is 0 Å². The van der Waals surface area contributed by atoms with E-state index >= 15 is 0 Å². The van der Waals surface area contributed by atoms with Gasteiger partial charge in [-0.2, -0.15) is 0 Å². The number of aliphatic hydroxyl groups is 2. The van der Waals surface area contributed by atoms with Crippen molar-refractivity contribution in [1.29, 1.82) is 0 Å². The molecule has 4 rings (SSSR count). The van der Waals surface area contributed by atoms with E-state index < -0.39 is 35.1 Å². The van der Waals surface area contributed by atoms with E-state index in [9.17, 15) is 24.9 Å². The monoisotopic (exact) mass is 601 g/mol. The van der Waals surface area contributed by atoms with Crippen molar-refractivity contribution in [3.05, 3.63) is 100 Å². The first-order chi connectivity index (χ1) is 20.6. The number of hydrogen-bond acceptors (Lipinski definition) is 6. The first-order valence-corrected chi connectivity index (χ1v) is 15.3. The lowest BCUT2D eigenvalue weighted by Gasteiger charge is -2.37. The molecule has 1 aliphatic rings. The van der Waals surface area contributed by atoms with Crippen LogP contribution in [0.2, 0.25) is 0 Å². The number of phenols is 1. The van der Waals surface area contributed by atoms with Crippen molar-refractivity contribution < 1.29 is 24.9 Å². The minimum Gasteiger partial charge on any atom is -0.508 e. The largest absolute Gasteiger partial charge is 0.508 e. The Morgan fingerprint density at radius 3 is 2.30 bits per heavy atom. The molecule has 44 heavy (non-hydrogen) atoms. The molecule has 2 amide bonds. The zero-order valence-electron chi connectivity index (χ0n) is 26.9. The lowest BCUT2D eigenvalue weighted by Crippen LogP contribution is -2.57. The maximum Gasteiger partial charge on any atom is 0.253 e. The van der Waals surface area contributed by atoms with Crippen LogP contribution in [-0.4, -0.2) is 62.4 Å². The van der Waals surface area contributed by atoms with Crippen LogP contribution in [-0.2, 0) is 22.6 Å². The number of β-amino-alcohol motifs (C(OH)–C–C–N with tert-alkyl or cyclic N) is 1. The van der Waals surface area contributed by atoms with E-state index in [1.807, 2.05) is 88.4 Å². The molecular weight excluding hydrogens is 554 g/mol. The Bertz CT molecular complexity index is 1490. The van der Waals surface area contributed by atoms with Crippen LogP contribution in [0.1, 0.15) is 67.1 Å². The minimum absolute atomic E-state index is 0.100. The fourth-order valence-electron chi connectivity index (χ4n) is 6.27. The van der Waals surface area contributed by atoms with Gasteiger partial charge in [0.15, 0.2) is 0 Å². The van der Waals surface area contributed by atoms with E-state index in [2.05, 4.69) is 10.6 Å². The van der Waals surface area contributed by atoms with E-state index in [-0.39, 0.29) is 30.8 Å². The fraction of sp³-hybridized carbons (Fsp3) is 0.444. The molecule has 3 aromatic rings. The van der Waals surface area contributed by atoms with Crippen LogP contribution in [0.3, 0.4) is 0 Å². The first kappa shape index (κ1) is 33.2. The molecule has 1 heterocycles. The van der Waals surface area contributed by atoms with Crippen LogP contribution in [0.25, 0.3) is 0 Å². The third-order valence-corrected chi connectivity index (χ3v) is 9.54. The Labute approximate surface area is 261 Å². The number of amides is 2. The number of phenolic OH excluding ortho intramolecular Hbond substituents is 1. The number of aromatic hydroxyl groups is 1. The van der Waals surface area contributed by atoms with E-state index in [1.165, 1.54) is 4.90 Å². The molecule has 0 spiro atoms. The van der Waals surface area contributed by atoms with Crippen LogP contribution in [0.15, 0.2) is 66.7 Å². The summed E-state index contributed by atoms with van der Waals surface area (Å²) in [7, 11) is 0. The predicted octanol–water partition coefficient (Wildman–Crippen LogP) is 4.24. The molecule has 236 valence electrons. The molecule has 0 aliphatic carbocycles. The van der Waals surface area contributed by atoms with Gasteiger partial charge in [-0.1, -0.05) is 74.5 Å². The van der Waals surface area contributed by atoms with Gasteiger partial charge < -0.3 is 30.9 Å². The second-order valence-corrected chi connectivity index (χ2v) is 13.1. The smallest absolute Gasteiger partial charge is 0.253 e. The number of carbonyl (C=O) groups excluding carboxylic acids is 2. The van der Waals surface area contributed by atoms with Crippen LogP contribution >= 0.6 is 0 Å². The van der Waals surface area contributed by atoms with Gasteiger partial charge in [0.2, 0.25) is 5.91 Å². The quantitative estimate of drug-likeness (QED) is 0.237. The number of rotatable bonds is 10. The summed E-state index contributed by atoms with van der Waals surface area (Å²) in [5.74, 6) is -0.828. The molecule has 1 fully saturated rings. The number of carbonyl (C=O) groups is 2. The van der Waals surface area contributed by atoms with Crippen molar-refractivity contribution >= 4 is 11.8 Å². The molecule has 0 radical (unpaired) electrons. The highest BCUT2D eigenvalue weighted by Gasteiger charge is 2.60. The summed E-state index contributed by atoms with van der Waals surface area (Å²) in [6.45, 7) is 13.0. The van der Waals surface area contributed by atoms with Gasteiger partial charge in [-0.05, 0) is 80.5 Å². The molecular formula is C36H47N3O5. The fourth-order valence-corrected chi connectivity index (χ4v) is 6.27. The molecule has 8 nitrogen and oxygen atoms in total. The highest BCUT2D eigenvalue weighted by Crippen LogP contribution is 2.44. The highest BCUT2D eigenvalue weighted by atomic mass is 16.3. The van der Waals surface area contributed by atoms with E-state index in [0.29, 0.717) is 6.42 Å². The Hall–Kier alpha value is -3.72. The van der Waals surface area contributed by atoms with Gasteiger partial charge in [0.25, 0.3) is 5.91 Å². The molecule has 5 N–H and O–H groups in total. The second kappa shape index (κ2) is 13.1. The topological polar surface area (TPSA) is 122 Å². The van der Waals surface area contributed by atoms with Crippen LogP contribution in [0.5, 0.6) is 5.75 Å². The van der Waals surface area contributed by atoms with Crippen molar-refractivity contribution in [1.82, 2.24) is 15.5 Å². The summed E-state index contributed by atoms with van der Waals surface area (Å²) >= 11 is 0. The van der Waals surface area contributed by atoms with Crippen molar-refractivity contribution in [2.75, 3.05) is 6.54 Å². The number of aliphatic hydroxyl groups excluding tert-OH is 1. The molecule has 8 heteroatoms. The van der Waals surface area contributed by atoms with Gasteiger partial charge in [0.1, 0.15) is 17.9 Å². The zero-order chi connectivity index (χ0) is 32.4. The van der Waals surface area contributed by atoms with E-state index in [4.69, 9.17) is 0 Å². The SMILES string of the molecule is Cc1cc(O)c(C)c(C(C)NC(Cc2ccccc2)[C@H](O)C(=O)N2C[C@@](C)(O)C(C)(C)[C@H]2C(=O)NCc2ccccc2C)c1. The third-order valence-electron chi connectivity index (χ3n) is 9.54.